The third-order valence-electron chi connectivity index (χ3n) is 3.07. The Balaban J connectivity index is 2.86. The summed E-state index contributed by atoms with van der Waals surface area (Å²) >= 11 is 0. The van der Waals surface area contributed by atoms with Crippen molar-refractivity contribution in [1.29, 1.82) is 0 Å². The lowest BCUT2D eigenvalue weighted by atomic mass is 10.0. The lowest BCUT2D eigenvalue weighted by Gasteiger charge is -2.23. The first-order valence-electron chi connectivity index (χ1n) is 7.57. The van der Waals surface area contributed by atoms with E-state index >= 15 is 0 Å². The van der Waals surface area contributed by atoms with E-state index in [1.165, 1.54) is 14.2 Å². The highest BCUT2D eigenvalue weighted by atomic mass is 16.6. The molecule has 0 heterocycles. The zero-order valence-corrected chi connectivity index (χ0v) is 14.7. The van der Waals surface area contributed by atoms with Crippen LogP contribution in [0.2, 0.25) is 0 Å². The van der Waals surface area contributed by atoms with Gasteiger partial charge < -0.3 is 24.6 Å². The second kappa shape index (κ2) is 8.42. The van der Waals surface area contributed by atoms with E-state index in [1.54, 1.807) is 39.0 Å². The quantitative estimate of drug-likeness (QED) is 0.793. The molecular weight excluding hydrogens is 314 g/mol. The van der Waals surface area contributed by atoms with Crippen molar-refractivity contribution in [3.05, 3.63) is 23.8 Å². The first kappa shape index (κ1) is 19.6. The van der Waals surface area contributed by atoms with Crippen LogP contribution in [0.5, 0.6) is 11.5 Å². The molecule has 0 aromatic heterocycles. The van der Waals surface area contributed by atoms with Crippen LogP contribution in [-0.2, 0) is 16.0 Å². The van der Waals surface area contributed by atoms with Gasteiger partial charge in [0.15, 0.2) is 11.5 Å². The summed E-state index contributed by atoms with van der Waals surface area (Å²) in [5.74, 6) is 0.119. The summed E-state index contributed by atoms with van der Waals surface area (Å²) in [4.78, 5) is 22.9. The predicted octanol–water partition coefficient (Wildman–Crippen LogP) is 2.61. The third-order valence-corrected chi connectivity index (χ3v) is 3.07. The van der Waals surface area contributed by atoms with Gasteiger partial charge in [-0.3, -0.25) is 4.79 Å². The number of carbonyl (C=O) groups is 2. The first-order valence-corrected chi connectivity index (χ1v) is 7.57. The third kappa shape index (κ3) is 6.76. The number of ether oxygens (including phenoxy) is 3. The van der Waals surface area contributed by atoms with Crippen LogP contribution in [0.15, 0.2) is 18.2 Å². The molecule has 0 saturated heterocycles. The molecule has 1 atom stereocenters. The molecular formula is C17H25NO6. The van der Waals surface area contributed by atoms with Crippen LogP contribution in [-0.4, -0.2) is 43.0 Å². The van der Waals surface area contributed by atoms with Gasteiger partial charge in [0.1, 0.15) is 5.60 Å². The Morgan fingerprint density at radius 1 is 1.17 bits per heavy atom. The maximum absolute atomic E-state index is 11.9. The fourth-order valence-electron chi connectivity index (χ4n) is 2.15. The van der Waals surface area contributed by atoms with Crippen molar-refractivity contribution in [2.45, 2.75) is 45.3 Å². The summed E-state index contributed by atoms with van der Waals surface area (Å²) in [6.07, 6.45) is -0.534. The fraction of sp³-hybridized carbons (Fsp3) is 0.529. The minimum absolute atomic E-state index is 0.215. The molecule has 0 radical (unpaired) electrons. The molecule has 7 heteroatoms. The van der Waals surface area contributed by atoms with E-state index in [0.717, 1.165) is 5.56 Å². The zero-order valence-electron chi connectivity index (χ0n) is 14.7. The lowest BCUT2D eigenvalue weighted by Crippen LogP contribution is -2.41. The number of hydrogen-bond donors (Lipinski definition) is 2. The SMILES string of the molecule is COc1ccc(C[C@@H](CC(=O)O)NC(=O)OC(C)(C)C)cc1OC. The Hall–Kier alpha value is -2.44. The molecule has 0 spiro atoms. The van der Waals surface area contributed by atoms with E-state index in [4.69, 9.17) is 19.3 Å². The number of carboxylic acid groups (broad SMARTS) is 1. The first-order chi connectivity index (χ1) is 11.1. The highest BCUT2D eigenvalue weighted by molar-refractivity contribution is 5.71. The van der Waals surface area contributed by atoms with Gasteiger partial charge in [-0.2, -0.15) is 0 Å². The fourth-order valence-corrected chi connectivity index (χ4v) is 2.15. The monoisotopic (exact) mass is 339 g/mol. The Labute approximate surface area is 141 Å². The molecule has 0 fully saturated rings. The normalized spacial score (nSPS) is 12.2. The summed E-state index contributed by atoms with van der Waals surface area (Å²) in [5, 5.41) is 11.7. The number of nitrogens with one attached hydrogen (secondary N) is 1. The largest absolute Gasteiger partial charge is 0.493 e. The summed E-state index contributed by atoms with van der Waals surface area (Å²) in [6.45, 7) is 5.23. The van der Waals surface area contributed by atoms with E-state index in [2.05, 4.69) is 5.32 Å². The summed E-state index contributed by atoms with van der Waals surface area (Å²) in [5.41, 5.74) is 0.163. The van der Waals surface area contributed by atoms with Gasteiger partial charge in [-0.05, 0) is 44.9 Å². The minimum Gasteiger partial charge on any atom is -0.493 e. The molecule has 0 unspecified atom stereocenters. The van der Waals surface area contributed by atoms with E-state index in [1.807, 2.05) is 0 Å². The van der Waals surface area contributed by atoms with Crippen molar-refractivity contribution in [2.75, 3.05) is 14.2 Å². The van der Waals surface area contributed by atoms with Crippen LogP contribution in [0, 0.1) is 0 Å². The molecule has 2 N–H and O–H groups in total. The van der Waals surface area contributed by atoms with Crippen molar-refractivity contribution in [2.24, 2.45) is 0 Å². The maximum Gasteiger partial charge on any atom is 0.407 e. The van der Waals surface area contributed by atoms with Crippen molar-refractivity contribution < 1.29 is 28.9 Å². The Bertz CT molecular complexity index is 579. The molecule has 0 aliphatic rings. The van der Waals surface area contributed by atoms with Gasteiger partial charge in [-0.15, -0.1) is 0 Å². The second-order valence-electron chi connectivity index (χ2n) is 6.33. The Morgan fingerprint density at radius 3 is 2.29 bits per heavy atom. The van der Waals surface area contributed by atoms with Crippen LogP contribution in [0.25, 0.3) is 0 Å². The van der Waals surface area contributed by atoms with Gasteiger partial charge >= 0.3 is 12.1 Å². The van der Waals surface area contributed by atoms with Crippen LogP contribution in [0.1, 0.15) is 32.8 Å². The molecule has 0 saturated carbocycles. The van der Waals surface area contributed by atoms with Gasteiger partial charge in [0.05, 0.1) is 20.6 Å². The molecule has 1 rings (SSSR count). The van der Waals surface area contributed by atoms with Gasteiger partial charge in [0.25, 0.3) is 0 Å². The Kier molecular flexibility index (Phi) is 6.88. The number of alkyl carbamates (subject to hydrolysis) is 1. The molecule has 1 amide bonds. The van der Waals surface area contributed by atoms with E-state index in [-0.39, 0.29) is 6.42 Å². The molecule has 0 bridgehead atoms. The average Bonchev–Trinajstić information content (AvgIpc) is 2.44. The average molecular weight is 339 g/mol. The number of benzene rings is 1. The van der Waals surface area contributed by atoms with Gasteiger partial charge in [-0.25, -0.2) is 4.79 Å². The number of carbonyl (C=O) groups excluding carboxylic acids is 1. The number of aliphatic carboxylic acids is 1. The lowest BCUT2D eigenvalue weighted by molar-refractivity contribution is -0.137. The summed E-state index contributed by atoms with van der Waals surface area (Å²) in [6, 6.07) is 4.69. The van der Waals surface area contributed by atoms with Crippen LogP contribution < -0.4 is 14.8 Å². The van der Waals surface area contributed by atoms with Crippen molar-refractivity contribution >= 4 is 12.1 Å². The number of hydrogen-bond acceptors (Lipinski definition) is 5. The number of methoxy groups -OCH3 is 2. The smallest absolute Gasteiger partial charge is 0.407 e. The van der Waals surface area contributed by atoms with E-state index in [0.29, 0.717) is 17.9 Å². The standard InChI is InChI=1S/C17H25NO6/c1-17(2,3)24-16(21)18-12(10-15(19)20)8-11-6-7-13(22-4)14(9-11)23-5/h6-7,9,12H,8,10H2,1-5H3,(H,18,21)(H,19,20)/t12-/m0/s1. The number of carboxylic acids is 1. The van der Waals surface area contributed by atoms with E-state index < -0.39 is 23.7 Å². The van der Waals surface area contributed by atoms with Crippen molar-refractivity contribution in [3.8, 4) is 11.5 Å². The molecule has 7 nitrogen and oxygen atoms in total. The highest BCUT2D eigenvalue weighted by Crippen LogP contribution is 2.28. The van der Waals surface area contributed by atoms with Gasteiger partial charge in [-0.1, -0.05) is 6.07 Å². The summed E-state index contributed by atoms with van der Waals surface area (Å²) < 4.78 is 15.6. The van der Waals surface area contributed by atoms with Crippen molar-refractivity contribution in [3.63, 3.8) is 0 Å². The molecule has 1 aromatic rings. The molecule has 1 aromatic carbocycles. The highest BCUT2D eigenvalue weighted by Gasteiger charge is 2.22. The van der Waals surface area contributed by atoms with E-state index in [9.17, 15) is 9.59 Å². The van der Waals surface area contributed by atoms with Crippen LogP contribution >= 0.6 is 0 Å². The molecule has 0 aliphatic carbocycles. The number of amides is 1. The minimum atomic E-state index is -1.00. The number of rotatable bonds is 7. The zero-order chi connectivity index (χ0) is 18.3. The van der Waals surface area contributed by atoms with Gasteiger partial charge in [0, 0.05) is 6.04 Å². The van der Waals surface area contributed by atoms with Crippen LogP contribution in [0.3, 0.4) is 0 Å². The van der Waals surface area contributed by atoms with Crippen molar-refractivity contribution in [1.82, 2.24) is 5.32 Å². The molecule has 0 aliphatic heterocycles. The molecule has 134 valence electrons. The second-order valence-corrected chi connectivity index (χ2v) is 6.33. The molecule has 24 heavy (non-hydrogen) atoms. The predicted molar refractivity (Wildman–Crippen MR) is 88.7 cm³/mol. The van der Waals surface area contributed by atoms with Crippen LogP contribution in [0.4, 0.5) is 4.79 Å². The topological polar surface area (TPSA) is 94.1 Å². The summed E-state index contributed by atoms with van der Waals surface area (Å²) in [7, 11) is 3.06. The maximum atomic E-state index is 11.9. The Morgan fingerprint density at radius 2 is 1.79 bits per heavy atom. The van der Waals surface area contributed by atoms with Gasteiger partial charge in [0.2, 0.25) is 0 Å².